The van der Waals surface area contributed by atoms with Crippen LogP contribution in [-0.4, -0.2) is 56.8 Å². The second-order valence-electron chi connectivity index (χ2n) is 9.33. The van der Waals surface area contributed by atoms with Gasteiger partial charge in [-0.3, -0.25) is 0 Å². The zero-order valence-electron chi connectivity index (χ0n) is 19.7. The molecule has 0 aliphatic carbocycles. The number of nitrogens with zero attached hydrogens (tertiary/aromatic N) is 3. The number of carbonyl (C=O) groups is 2. The van der Waals surface area contributed by atoms with Crippen LogP contribution < -0.4 is 10.1 Å². The molecule has 1 saturated heterocycles. The molecule has 0 bridgehead atoms. The molecule has 1 aliphatic heterocycles. The fourth-order valence-corrected chi connectivity index (χ4v) is 3.74. The van der Waals surface area contributed by atoms with Crippen LogP contribution in [0, 0.1) is 5.82 Å². The number of ether oxygens (including phenoxy) is 2. The molecule has 2 aromatic carbocycles. The summed E-state index contributed by atoms with van der Waals surface area (Å²) in [5.74, 6) is -1.09. The Hall–Kier alpha value is -3.95. The zero-order valence-corrected chi connectivity index (χ0v) is 19.7. The first-order chi connectivity index (χ1) is 16.6. The largest absolute Gasteiger partial charge is 0.489 e. The summed E-state index contributed by atoms with van der Waals surface area (Å²) in [7, 11) is 0. The number of benzene rings is 2. The van der Waals surface area contributed by atoms with Crippen molar-refractivity contribution in [1.29, 1.82) is 0 Å². The van der Waals surface area contributed by atoms with Gasteiger partial charge in [-0.2, -0.15) is 0 Å². The number of likely N-dealkylation sites (tertiary alicyclic amines) is 1. The highest BCUT2D eigenvalue weighted by Gasteiger charge is 2.28. The summed E-state index contributed by atoms with van der Waals surface area (Å²) < 4.78 is 25.0. The maximum absolute atomic E-state index is 13.5. The summed E-state index contributed by atoms with van der Waals surface area (Å²) >= 11 is 0. The van der Waals surface area contributed by atoms with Gasteiger partial charge in [0.05, 0.1) is 5.52 Å². The lowest BCUT2D eigenvalue weighted by molar-refractivity contribution is 0.0126. The van der Waals surface area contributed by atoms with Gasteiger partial charge in [0.15, 0.2) is 0 Å². The first kappa shape index (κ1) is 24.2. The molecule has 2 heterocycles. The van der Waals surface area contributed by atoms with Crippen LogP contribution in [-0.2, 0) is 4.74 Å². The van der Waals surface area contributed by atoms with E-state index >= 15 is 0 Å². The second-order valence-corrected chi connectivity index (χ2v) is 9.33. The highest BCUT2D eigenvalue weighted by Crippen LogP contribution is 2.29. The molecule has 0 saturated carbocycles. The summed E-state index contributed by atoms with van der Waals surface area (Å²) in [6.45, 7) is 6.34. The quantitative estimate of drug-likeness (QED) is 0.523. The van der Waals surface area contributed by atoms with Gasteiger partial charge in [0.2, 0.25) is 5.95 Å². The van der Waals surface area contributed by atoms with Crippen LogP contribution in [0.1, 0.15) is 44.0 Å². The van der Waals surface area contributed by atoms with Crippen LogP contribution in [0.2, 0.25) is 0 Å². The topological polar surface area (TPSA) is 114 Å². The molecule has 0 atom stereocenters. The second kappa shape index (κ2) is 9.73. The number of carboxylic acids is 1. The first-order valence-electron chi connectivity index (χ1n) is 11.3. The standard InChI is InChI=1S/C25H27FN4O5/c1-25(2,3)35-24(33)30-9-7-18(8-10-30)34-21-13-20-15(11-19(21)22(31)32)14-27-23(29-20)28-17-6-4-5-16(26)12-17/h4-6,11-14,18H,7-10H2,1-3H3,(H,31,32)(H,27,28,29). The summed E-state index contributed by atoms with van der Waals surface area (Å²) in [6.07, 6.45) is 1.93. The van der Waals surface area contributed by atoms with Crippen molar-refractivity contribution < 1.29 is 28.6 Å². The Bertz CT molecular complexity index is 1250. The van der Waals surface area contributed by atoms with Gasteiger partial charge in [-0.25, -0.2) is 23.9 Å². The summed E-state index contributed by atoms with van der Waals surface area (Å²) in [5, 5.41) is 13.2. The summed E-state index contributed by atoms with van der Waals surface area (Å²) in [6, 6.07) is 8.94. The molecule has 1 aliphatic rings. The molecule has 2 N–H and O–H groups in total. The molecular weight excluding hydrogens is 455 g/mol. The monoisotopic (exact) mass is 482 g/mol. The molecule has 9 nitrogen and oxygen atoms in total. The fourth-order valence-electron chi connectivity index (χ4n) is 3.74. The number of carboxylic acid groups (broad SMARTS) is 1. The van der Waals surface area contributed by atoms with Crippen molar-refractivity contribution in [1.82, 2.24) is 14.9 Å². The third kappa shape index (κ3) is 6.14. The number of hydrogen-bond acceptors (Lipinski definition) is 7. The van der Waals surface area contributed by atoms with E-state index in [0.29, 0.717) is 42.5 Å². The first-order valence-corrected chi connectivity index (χ1v) is 11.3. The smallest absolute Gasteiger partial charge is 0.410 e. The molecule has 35 heavy (non-hydrogen) atoms. The number of nitrogens with one attached hydrogen (secondary N) is 1. The van der Waals surface area contributed by atoms with E-state index in [1.54, 1.807) is 23.1 Å². The van der Waals surface area contributed by atoms with E-state index < -0.39 is 17.4 Å². The Morgan fingerprint density at radius 2 is 1.91 bits per heavy atom. The lowest BCUT2D eigenvalue weighted by Crippen LogP contribution is -2.44. The highest BCUT2D eigenvalue weighted by molar-refractivity contribution is 5.96. The van der Waals surface area contributed by atoms with E-state index in [0.717, 1.165) is 0 Å². The van der Waals surface area contributed by atoms with Gasteiger partial charge in [0.25, 0.3) is 0 Å². The van der Waals surface area contributed by atoms with Crippen molar-refractivity contribution in [2.75, 3.05) is 18.4 Å². The van der Waals surface area contributed by atoms with Gasteiger partial charge in [-0.1, -0.05) is 6.07 Å². The molecule has 1 fully saturated rings. The zero-order chi connectivity index (χ0) is 25.2. The molecule has 10 heteroatoms. The van der Waals surface area contributed by atoms with Gasteiger partial charge >= 0.3 is 12.1 Å². The fraction of sp³-hybridized carbons (Fsp3) is 0.360. The molecule has 0 spiro atoms. The van der Waals surface area contributed by atoms with E-state index in [1.807, 2.05) is 20.8 Å². The number of rotatable bonds is 5. The molecule has 1 amide bonds. The van der Waals surface area contributed by atoms with Crippen LogP contribution >= 0.6 is 0 Å². The predicted octanol–water partition coefficient (Wildman–Crippen LogP) is 4.99. The number of halogens is 1. The number of anilines is 2. The maximum atomic E-state index is 13.5. The third-order valence-corrected chi connectivity index (χ3v) is 5.38. The van der Waals surface area contributed by atoms with Crippen molar-refractivity contribution >= 4 is 34.6 Å². The predicted molar refractivity (Wildman–Crippen MR) is 128 cm³/mol. The van der Waals surface area contributed by atoms with Gasteiger partial charge in [0, 0.05) is 49.3 Å². The Morgan fingerprint density at radius 1 is 1.17 bits per heavy atom. The minimum Gasteiger partial charge on any atom is -0.489 e. The normalized spacial score (nSPS) is 14.6. The van der Waals surface area contributed by atoms with Crippen molar-refractivity contribution in [2.45, 2.75) is 45.3 Å². The lowest BCUT2D eigenvalue weighted by atomic mass is 10.1. The molecule has 4 rings (SSSR count). The molecule has 3 aromatic rings. The Balaban J connectivity index is 1.51. The molecule has 0 radical (unpaired) electrons. The molecule has 184 valence electrons. The number of piperidine rings is 1. The van der Waals surface area contributed by atoms with Gasteiger partial charge < -0.3 is 24.8 Å². The Labute approximate surface area is 201 Å². The minimum atomic E-state index is -1.13. The number of aromatic carboxylic acids is 1. The van der Waals surface area contributed by atoms with Gasteiger partial charge in [0.1, 0.15) is 28.8 Å². The van der Waals surface area contributed by atoms with Gasteiger partial charge in [-0.05, 0) is 45.0 Å². The van der Waals surface area contributed by atoms with E-state index in [4.69, 9.17) is 9.47 Å². The van der Waals surface area contributed by atoms with E-state index in [-0.39, 0.29) is 29.5 Å². The number of carbonyl (C=O) groups excluding carboxylic acids is 1. The van der Waals surface area contributed by atoms with Crippen LogP contribution in [0.15, 0.2) is 42.6 Å². The average Bonchev–Trinajstić information content (AvgIpc) is 2.78. The molecule has 0 unspecified atom stereocenters. The van der Waals surface area contributed by atoms with Crippen LogP contribution in [0.4, 0.5) is 20.8 Å². The van der Waals surface area contributed by atoms with Crippen LogP contribution in [0.25, 0.3) is 10.9 Å². The average molecular weight is 483 g/mol. The van der Waals surface area contributed by atoms with E-state index in [9.17, 15) is 19.1 Å². The van der Waals surface area contributed by atoms with Gasteiger partial charge in [-0.15, -0.1) is 0 Å². The highest BCUT2D eigenvalue weighted by atomic mass is 19.1. The Kier molecular flexibility index (Phi) is 6.72. The number of hydrogen-bond donors (Lipinski definition) is 2. The Morgan fingerprint density at radius 3 is 2.57 bits per heavy atom. The number of amides is 1. The van der Waals surface area contributed by atoms with Crippen LogP contribution in [0.5, 0.6) is 5.75 Å². The number of aromatic nitrogens is 2. The minimum absolute atomic E-state index is 0.00140. The maximum Gasteiger partial charge on any atom is 0.410 e. The van der Waals surface area contributed by atoms with Crippen molar-refractivity contribution in [2.24, 2.45) is 0 Å². The molecular formula is C25H27FN4O5. The summed E-state index contributed by atoms with van der Waals surface area (Å²) in [5.41, 5.74) is 0.391. The van der Waals surface area contributed by atoms with Crippen molar-refractivity contribution in [3.8, 4) is 5.75 Å². The van der Waals surface area contributed by atoms with E-state index in [1.165, 1.54) is 24.4 Å². The number of fused-ring (bicyclic) bond motifs is 1. The molecule has 1 aromatic heterocycles. The SMILES string of the molecule is CC(C)(C)OC(=O)N1CCC(Oc2cc3nc(Nc4cccc(F)c4)ncc3cc2C(=O)O)CC1. The van der Waals surface area contributed by atoms with Crippen LogP contribution in [0.3, 0.4) is 0 Å². The third-order valence-electron chi connectivity index (χ3n) is 5.38. The summed E-state index contributed by atoms with van der Waals surface area (Å²) in [4.78, 5) is 34.4. The van der Waals surface area contributed by atoms with E-state index in [2.05, 4.69) is 15.3 Å². The van der Waals surface area contributed by atoms with Crippen molar-refractivity contribution in [3.05, 3.63) is 54.0 Å². The lowest BCUT2D eigenvalue weighted by Gasteiger charge is -2.33. The van der Waals surface area contributed by atoms with Crippen molar-refractivity contribution in [3.63, 3.8) is 0 Å².